The highest BCUT2D eigenvalue weighted by atomic mass is 35.5. The SMILES string of the molecule is COCC1OC(=O)C(Cl)=C1NCc1ccc(Cl)nc1. The third kappa shape index (κ3) is 3.37. The number of aromatic nitrogens is 1. The van der Waals surface area contributed by atoms with Gasteiger partial charge in [0, 0.05) is 19.9 Å². The molecule has 19 heavy (non-hydrogen) atoms. The first kappa shape index (κ1) is 14.1. The van der Waals surface area contributed by atoms with Gasteiger partial charge in [-0.25, -0.2) is 9.78 Å². The molecule has 1 aromatic heterocycles. The van der Waals surface area contributed by atoms with E-state index in [0.717, 1.165) is 5.56 Å². The average Bonchev–Trinajstić information content (AvgIpc) is 2.65. The highest BCUT2D eigenvalue weighted by Crippen LogP contribution is 2.24. The molecule has 0 fully saturated rings. The van der Waals surface area contributed by atoms with E-state index in [-0.39, 0.29) is 11.6 Å². The van der Waals surface area contributed by atoms with Crippen LogP contribution >= 0.6 is 23.2 Å². The minimum Gasteiger partial charge on any atom is -0.449 e. The maximum atomic E-state index is 11.4. The molecule has 0 spiro atoms. The van der Waals surface area contributed by atoms with Gasteiger partial charge < -0.3 is 14.8 Å². The van der Waals surface area contributed by atoms with Gasteiger partial charge in [0.15, 0.2) is 6.10 Å². The van der Waals surface area contributed by atoms with Crippen molar-refractivity contribution in [2.75, 3.05) is 13.7 Å². The van der Waals surface area contributed by atoms with Crippen molar-refractivity contribution >= 4 is 29.2 Å². The highest BCUT2D eigenvalue weighted by Gasteiger charge is 2.33. The van der Waals surface area contributed by atoms with Crippen molar-refractivity contribution in [2.45, 2.75) is 12.6 Å². The summed E-state index contributed by atoms with van der Waals surface area (Å²) in [5, 5.41) is 3.56. The van der Waals surface area contributed by atoms with E-state index in [1.165, 1.54) is 7.11 Å². The normalized spacial score (nSPS) is 18.7. The number of carbonyl (C=O) groups excluding carboxylic acids is 1. The molecule has 0 radical (unpaired) electrons. The van der Waals surface area contributed by atoms with Gasteiger partial charge in [0.05, 0.1) is 12.3 Å². The third-order valence-corrected chi connectivity index (χ3v) is 3.16. The van der Waals surface area contributed by atoms with E-state index in [1.807, 2.05) is 6.07 Å². The minimum atomic E-state index is -0.541. The quantitative estimate of drug-likeness (QED) is 0.664. The van der Waals surface area contributed by atoms with Gasteiger partial charge in [-0.1, -0.05) is 29.3 Å². The molecule has 1 atom stereocenters. The van der Waals surface area contributed by atoms with Gasteiger partial charge in [-0.3, -0.25) is 0 Å². The van der Waals surface area contributed by atoms with Crippen LogP contribution in [-0.2, 0) is 20.8 Å². The van der Waals surface area contributed by atoms with E-state index in [2.05, 4.69) is 10.3 Å². The molecule has 1 unspecified atom stereocenters. The van der Waals surface area contributed by atoms with E-state index in [9.17, 15) is 4.79 Å². The van der Waals surface area contributed by atoms with Crippen molar-refractivity contribution in [3.63, 3.8) is 0 Å². The molecule has 5 nitrogen and oxygen atoms in total. The Morgan fingerprint density at radius 1 is 1.47 bits per heavy atom. The summed E-state index contributed by atoms with van der Waals surface area (Å²) in [7, 11) is 1.53. The van der Waals surface area contributed by atoms with E-state index < -0.39 is 12.1 Å². The summed E-state index contributed by atoms with van der Waals surface area (Å²) >= 11 is 11.6. The summed E-state index contributed by atoms with van der Waals surface area (Å²) in [6, 6.07) is 3.53. The second-order valence-electron chi connectivity index (χ2n) is 3.92. The van der Waals surface area contributed by atoms with Gasteiger partial charge in [-0.05, 0) is 11.6 Å². The molecule has 0 aromatic carbocycles. The first-order chi connectivity index (χ1) is 9.11. The molecule has 2 heterocycles. The number of carbonyl (C=O) groups is 1. The van der Waals surface area contributed by atoms with Crippen LogP contribution in [0.1, 0.15) is 5.56 Å². The van der Waals surface area contributed by atoms with Crippen LogP contribution in [-0.4, -0.2) is 30.8 Å². The van der Waals surface area contributed by atoms with Crippen LogP contribution in [0, 0.1) is 0 Å². The zero-order valence-electron chi connectivity index (χ0n) is 10.2. The van der Waals surface area contributed by atoms with E-state index in [0.29, 0.717) is 17.4 Å². The summed E-state index contributed by atoms with van der Waals surface area (Å²) in [5.41, 5.74) is 1.44. The maximum Gasteiger partial charge on any atom is 0.352 e. The molecule has 1 aromatic rings. The molecule has 0 saturated heterocycles. The Balaban J connectivity index is 2.04. The third-order valence-electron chi connectivity index (χ3n) is 2.58. The molecule has 1 N–H and O–H groups in total. The van der Waals surface area contributed by atoms with Crippen LogP contribution < -0.4 is 5.32 Å². The summed E-state index contributed by atoms with van der Waals surface area (Å²) in [5.74, 6) is -0.541. The zero-order valence-corrected chi connectivity index (χ0v) is 11.7. The van der Waals surface area contributed by atoms with E-state index in [4.69, 9.17) is 32.7 Å². The molecule has 0 bridgehead atoms. The van der Waals surface area contributed by atoms with Crippen molar-refractivity contribution in [1.82, 2.24) is 10.3 Å². The fourth-order valence-electron chi connectivity index (χ4n) is 1.66. The summed E-state index contributed by atoms with van der Waals surface area (Å²) in [4.78, 5) is 15.4. The highest BCUT2D eigenvalue weighted by molar-refractivity contribution is 6.42. The Bertz CT molecular complexity index is 502. The molecule has 0 saturated carbocycles. The predicted octanol–water partition coefficient (Wildman–Crippen LogP) is 1.85. The van der Waals surface area contributed by atoms with E-state index >= 15 is 0 Å². The van der Waals surface area contributed by atoms with Crippen LogP contribution in [0.15, 0.2) is 29.1 Å². The molecule has 102 valence electrons. The van der Waals surface area contributed by atoms with Crippen molar-refractivity contribution in [3.05, 3.63) is 39.8 Å². The fourth-order valence-corrected chi connectivity index (χ4v) is 2.00. The number of nitrogens with zero attached hydrogens (tertiary/aromatic N) is 1. The number of ether oxygens (including phenoxy) is 2. The second-order valence-corrected chi connectivity index (χ2v) is 4.68. The Hall–Kier alpha value is -1.30. The second kappa shape index (κ2) is 6.23. The van der Waals surface area contributed by atoms with Crippen molar-refractivity contribution in [2.24, 2.45) is 0 Å². The molecule has 0 amide bonds. The molecular weight excluding hydrogens is 291 g/mol. The van der Waals surface area contributed by atoms with Crippen LogP contribution in [0.25, 0.3) is 0 Å². The Morgan fingerprint density at radius 2 is 2.26 bits per heavy atom. The number of halogens is 2. The number of esters is 1. The standard InChI is InChI=1S/C12H12Cl2N2O3/c1-18-6-8-11(10(14)12(17)19-8)16-5-7-2-3-9(13)15-4-7/h2-4,8,16H,5-6H2,1H3. The largest absolute Gasteiger partial charge is 0.449 e. The van der Waals surface area contributed by atoms with Crippen molar-refractivity contribution in [1.29, 1.82) is 0 Å². The van der Waals surface area contributed by atoms with Crippen molar-refractivity contribution in [3.8, 4) is 0 Å². The Labute approximate surface area is 120 Å². The number of hydrogen-bond donors (Lipinski definition) is 1. The summed E-state index contributed by atoms with van der Waals surface area (Å²) in [6.45, 7) is 0.718. The number of hydrogen-bond acceptors (Lipinski definition) is 5. The van der Waals surface area contributed by atoms with Gasteiger partial charge >= 0.3 is 5.97 Å². The Morgan fingerprint density at radius 3 is 2.89 bits per heavy atom. The lowest BCUT2D eigenvalue weighted by Gasteiger charge is -2.14. The van der Waals surface area contributed by atoms with Gasteiger partial charge in [0.25, 0.3) is 0 Å². The maximum absolute atomic E-state index is 11.4. The van der Waals surface area contributed by atoms with Crippen molar-refractivity contribution < 1.29 is 14.3 Å². The van der Waals surface area contributed by atoms with Gasteiger partial charge in [-0.2, -0.15) is 0 Å². The molecular formula is C12H12Cl2N2O3. The van der Waals surface area contributed by atoms with E-state index in [1.54, 1.807) is 12.3 Å². The summed E-state index contributed by atoms with van der Waals surface area (Å²) < 4.78 is 10.0. The first-order valence-corrected chi connectivity index (χ1v) is 6.31. The monoisotopic (exact) mass is 302 g/mol. The fraction of sp³-hybridized carbons (Fsp3) is 0.333. The summed E-state index contributed by atoms with van der Waals surface area (Å²) in [6.07, 6.45) is 1.15. The number of nitrogens with one attached hydrogen (secondary N) is 1. The molecule has 0 aliphatic carbocycles. The zero-order chi connectivity index (χ0) is 13.8. The first-order valence-electron chi connectivity index (χ1n) is 5.55. The van der Waals surface area contributed by atoms with Gasteiger partial charge in [-0.15, -0.1) is 0 Å². The van der Waals surface area contributed by atoms with Crippen LogP contribution in [0.2, 0.25) is 5.15 Å². The number of methoxy groups -OCH3 is 1. The topological polar surface area (TPSA) is 60.5 Å². The molecule has 1 aliphatic heterocycles. The van der Waals surface area contributed by atoms with Crippen LogP contribution in [0.3, 0.4) is 0 Å². The van der Waals surface area contributed by atoms with Gasteiger partial charge in [0.1, 0.15) is 10.2 Å². The smallest absolute Gasteiger partial charge is 0.352 e. The lowest BCUT2D eigenvalue weighted by molar-refractivity contribution is -0.141. The predicted molar refractivity (Wildman–Crippen MR) is 70.7 cm³/mol. The number of rotatable bonds is 5. The lowest BCUT2D eigenvalue weighted by atomic mass is 10.2. The lowest BCUT2D eigenvalue weighted by Crippen LogP contribution is -2.26. The molecule has 7 heteroatoms. The molecule has 1 aliphatic rings. The van der Waals surface area contributed by atoms with Crippen LogP contribution in [0.4, 0.5) is 0 Å². The number of pyridine rings is 1. The average molecular weight is 303 g/mol. The molecule has 2 rings (SSSR count). The van der Waals surface area contributed by atoms with Crippen LogP contribution in [0.5, 0.6) is 0 Å². The number of cyclic esters (lactones) is 1. The minimum absolute atomic E-state index is 0.0592. The Kier molecular flexibility index (Phi) is 4.63. The van der Waals surface area contributed by atoms with Gasteiger partial charge in [0.2, 0.25) is 0 Å².